The van der Waals surface area contributed by atoms with Gasteiger partial charge in [-0.25, -0.2) is 0 Å². The zero-order valence-corrected chi connectivity index (χ0v) is 12.6. The molecule has 2 aromatic rings. The van der Waals surface area contributed by atoms with Gasteiger partial charge in [0.25, 0.3) is 5.91 Å². The van der Waals surface area contributed by atoms with Crippen LogP contribution in [0.3, 0.4) is 0 Å². The first-order valence-corrected chi connectivity index (χ1v) is 8.04. The highest BCUT2D eigenvalue weighted by molar-refractivity contribution is 8.00. The molecule has 0 bridgehead atoms. The second-order valence-electron chi connectivity index (χ2n) is 5.77. The average molecular weight is 317 g/mol. The highest BCUT2D eigenvalue weighted by Crippen LogP contribution is 2.39. The van der Waals surface area contributed by atoms with Crippen molar-refractivity contribution in [3.05, 3.63) is 35.7 Å². The summed E-state index contributed by atoms with van der Waals surface area (Å²) in [6.45, 7) is 0.369. The van der Waals surface area contributed by atoms with Gasteiger partial charge in [-0.1, -0.05) is 5.21 Å². The summed E-state index contributed by atoms with van der Waals surface area (Å²) in [6, 6.07) is 7.67. The van der Waals surface area contributed by atoms with E-state index in [1.807, 2.05) is 36.0 Å². The molecular formula is C14H15N5O2S. The minimum Gasteiger partial charge on any atom is -0.378 e. The van der Waals surface area contributed by atoms with E-state index in [0.29, 0.717) is 5.56 Å². The molecule has 1 aliphatic heterocycles. The zero-order valence-electron chi connectivity index (χ0n) is 11.8. The molecule has 0 atom stereocenters. The standard InChI is InChI=1S/C14H15N5O2S/c20-12(9-1-3-10(4-2-9)22-11-5-6-11)19-7-14(21,8-19)13-15-17-18-16-13/h1-4,11,21H,5-8H2,(H,15,16,17,18). The number of rotatable bonds is 4. The lowest BCUT2D eigenvalue weighted by molar-refractivity contribution is -0.0922. The number of tetrazole rings is 1. The van der Waals surface area contributed by atoms with E-state index >= 15 is 0 Å². The van der Waals surface area contributed by atoms with Crippen LogP contribution in [0.5, 0.6) is 0 Å². The molecule has 1 amide bonds. The Morgan fingerprint density at radius 2 is 2.05 bits per heavy atom. The smallest absolute Gasteiger partial charge is 0.254 e. The predicted molar refractivity (Wildman–Crippen MR) is 79.3 cm³/mol. The van der Waals surface area contributed by atoms with E-state index in [0.717, 1.165) is 5.25 Å². The summed E-state index contributed by atoms with van der Waals surface area (Å²) in [7, 11) is 0. The maximum atomic E-state index is 12.4. The average Bonchev–Trinajstić information content (AvgIpc) is 3.13. The molecule has 8 heteroatoms. The molecule has 2 heterocycles. The number of H-pyrrole nitrogens is 1. The summed E-state index contributed by atoms with van der Waals surface area (Å²) in [6.07, 6.45) is 2.57. The van der Waals surface area contributed by atoms with Crippen LogP contribution in [-0.4, -0.2) is 54.9 Å². The normalized spacial score (nSPS) is 19.8. The topological polar surface area (TPSA) is 95.0 Å². The second kappa shape index (κ2) is 5.06. The van der Waals surface area contributed by atoms with E-state index in [9.17, 15) is 9.90 Å². The number of aromatic nitrogens is 4. The molecule has 0 unspecified atom stereocenters. The molecule has 1 aliphatic carbocycles. The molecule has 0 radical (unpaired) electrons. The van der Waals surface area contributed by atoms with Crippen molar-refractivity contribution >= 4 is 17.7 Å². The highest BCUT2D eigenvalue weighted by atomic mass is 32.2. The SMILES string of the molecule is O=C(c1ccc(SC2CC2)cc1)N1CC(O)(c2nn[nH]n2)C1. The molecule has 1 aromatic carbocycles. The van der Waals surface area contributed by atoms with Crippen LogP contribution in [0.4, 0.5) is 0 Å². The fourth-order valence-electron chi connectivity index (χ4n) is 2.47. The molecule has 4 rings (SSSR count). The van der Waals surface area contributed by atoms with Gasteiger partial charge in [0.05, 0.1) is 13.1 Å². The second-order valence-corrected chi connectivity index (χ2v) is 7.14. The van der Waals surface area contributed by atoms with Crippen molar-refractivity contribution in [3.63, 3.8) is 0 Å². The number of likely N-dealkylation sites (tertiary alicyclic amines) is 1. The Morgan fingerprint density at radius 1 is 1.32 bits per heavy atom. The number of nitrogens with one attached hydrogen (secondary N) is 1. The summed E-state index contributed by atoms with van der Waals surface area (Å²) in [5.41, 5.74) is -0.556. The van der Waals surface area contributed by atoms with Crippen LogP contribution < -0.4 is 0 Å². The van der Waals surface area contributed by atoms with Crippen molar-refractivity contribution in [1.29, 1.82) is 0 Å². The summed E-state index contributed by atoms with van der Waals surface area (Å²) in [4.78, 5) is 15.2. The van der Waals surface area contributed by atoms with E-state index in [1.165, 1.54) is 17.7 Å². The van der Waals surface area contributed by atoms with Crippen LogP contribution in [0.1, 0.15) is 29.0 Å². The number of aliphatic hydroxyl groups is 1. The first-order chi connectivity index (χ1) is 10.6. The summed E-state index contributed by atoms with van der Waals surface area (Å²) in [5.74, 6) is 0.142. The fraction of sp³-hybridized carbons (Fsp3) is 0.429. The van der Waals surface area contributed by atoms with Crippen LogP contribution in [-0.2, 0) is 5.60 Å². The molecule has 1 saturated carbocycles. The van der Waals surface area contributed by atoms with E-state index < -0.39 is 5.60 Å². The van der Waals surface area contributed by atoms with Crippen LogP contribution in [0.25, 0.3) is 0 Å². The number of carbonyl (C=O) groups excluding carboxylic acids is 1. The number of nitrogens with zero attached hydrogens (tertiary/aromatic N) is 4. The summed E-state index contributed by atoms with van der Waals surface area (Å²) < 4.78 is 0. The van der Waals surface area contributed by atoms with Gasteiger partial charge in [0, 0.05) is 15.7 Å². The summed E-state index contributed by atoms with van der Waals surface area (Å²) in [5, 5.41) is 24.4. The van der Waals surface area contributed by atoms with Crippen molar-refractivity contribution < 1.29 is 9.90 Å². The maximum absolute atomic E-state index is 12.4. The lowest BCUT2D eigenvalue weighted by Gasteiger charge is -2.44. The molecule has 2 N–H and O–H groups in total. The maximum Gasteiger partial charge on any atom is 0.254 e. The van der Waals surface area contributed by atoms with Gasteiger partial charge in [-0.2, -0.15) is 5.21 Å². The molecule has 1 aromatic heterocycles. The minimum absolute atomic E-state index is 0.0869. The summed E-state index contributed by atoms with van der Waals surface area (Å²) >= 11 is 1.86. The van der Waals surface area contributed by atoms with E-state index in [4.69, 9.17) is 0 Å². The number of β-amino-alcohol motifs (C(OH)–C–C–N with tert-alkyl or cyclic N) is 1. The van der Waals surface area contributed by atoms with Gasteiger partial charge in [0.15, 0.2) is 5.60 Å². The molecule has 114 valence electrons. The van der Waals surface area contributed by atoms with Gasteiger partial charge in [0.1, 0.15) is 0 Å². The third-order valence-corrected chi connectivity index (χ3v) is 5.23. The number of hydrogen-bond donors (Lipinski definition) is 2. The van der Waals surface area contributed by atoms with Gasteiger partial charge >= 0.3 is 0 Å². The molecule has 7 nitrogen and oxygen atoms in total. The van der Waals surface area contributed by atoms with Crippen molar-refractivity contribution in [3.8, 4) is 0 Å². The fourth-order valence-corrected chi connectivity index (χ4v) is 3.52. The van der Waals surface area contributed by atoms with Gasteiger partial charge < -0.3 is 10.0 Å². The van der Waals surface area contributed by atoms with Crippen molar-refractivity contribution in [2.45, 2.75) is 28.6 Å². The lowest BCUT2D eigenvalue weighted by atomic mass is 9.92. The number of carbonyl (C=O) groups is 1. The Labute approximate surface area is 131 Å². The first-order valence-electron chi connectivity index (χ1n) is 7.16. The molecule has 0 spiro atoms. The van der Waals surface area contributed by atoms with Crippen LogP contribution >= 0.6 is 11.8 Å². The van der Waals surface area contributed by atoms with E-state index in [2.05, 4.69) is 20.6 Å². The Morgan fingerprint density at radius 3 is 2.64 bits per heavy atom. The Hall–Kier alpha value is -1.93. The zero-order chi connectivity index (χ0) is 15.2. The third kappa shape index (κ3) is 2.48. The van der Waals surface area contributed by atoms with Gasteiger partial charge in [0.2, 0.25) is 5.82 Å². The highest BCUT2D eigenvalue weighted by Gasteiger charge is 2.48. The van der Waals surface area contributed by atoms with Crippen molar-refractivity contribution in [2.24, 2.45) is 0 Å². The molecule has 22 heavy (non-hydrogen) atoms. The molecule has 2 fully saturated rings. The minimum atomic E-state index is -1.19. The largest absolute Gasteiger partial charge is 0.378 e. The van der Waals surface area contributed by atoms with Gasteiger partial charge in [-0.3, -0.25) is 4.79 Å². The Bertz CT molecular complexity index is 678. The Balaban J connectivity index is 1.40. The number of amides is 1. The van der Waals surface area contributed by atoms with Crippen LogP contribution in [0.15, 0.2) is 29.2 Å². The number of benzene rings is 1. The van der Waals surface area contributed by atoms with Gasteiger partial charge in [-0.15, -0.1) is 22.0 Å². The van der Waals surface area contributed by atoms with Crippen molar-refractivity contribution in [2.75, 3.05) is 13.1 Å². The number of hydrogen-bond acceptors (Lipinski definition) is 6. The number of aromatic amines is 1. The first kappa shape index (κ1) is 13.7. The lowest BCUT2D eigenvalue weighted by Crippen LogP contribution is -2.61. The third-order valence-electron chi connectivity index (χ3n) is 3.88. The quantitative estimate of drug-likeness (QED) is 0.866. The Kier molecular flexibility index (Phi) is 3.16. The molecular weight excluding hydrogens is 302 g/mol. The van der Waals surface area contributed by atoms with E-state index in [-0.39, 0.29) is 24.8 Å². The molecule has 1 saturated heterocycles. The monoisotopic (exact) mass is 317 g/mol. The van der Waals surface area contributed by atoms with Gasteiger partial charge in [-0.05, 0) is 37.1 Å². The van der Waals surface area contributed by atoms with Crippen LogP contribution in [0, 0.1) is 0 Å². The predicted octanol–water partition coefficient (Wildman–Crippen LogP) is 0.798. The number of thioether (sulfide) groups is 1. The van der Waals surface area contributed by atoms with E-state index in [1.54, 1.807) is 4.90 Å². The van der Waals surface area contributed by atoms with Crippen LogP contribution in [0.2, 0.25) is 0 Å². The van der Waals surface area contributed by atoms with Crippen molar-refractivity contribution in [1.82, 2.24) is 25.5 Å². The molecule has 2 aliphatic rings.